The van der Waals surface area contributed by atoms with Gasteiger partial charge in [0.05, 0.1) is 6.26 Å². The molecule has 0 fully saturated rings. The molecule has 0 bridgehead atoms. The Morgan fingerprint density at radius 1 is 1.55 bits per heavy atom. The molecule has 0 atom stereocenters. The lowest BCUT2D eigenvalue weighted by Gasteiger charge is -2.00. The van der Waals surface area contributed by atoms with Crippen LogP contribution in [-0.4, -0.2) is 0 Å². The van der Waals surface area contributed by atoms with Crippen LogP contribution in [0.3, 0.4) is 0 Å². The zero-order valence-corrected chi connectivity index (χ0v) is 6.83. The van der Waals surface area contributed by atoms with E-state index in [9.17, 15) is 4.79 Å². The third kappa shape index (κ3) is 2.22. The molecule has 0 aliphatic rings. The summed E-state index contributed by atoms with van der Waals surface area (Å²) in [4.78, 5) is 11.0. The van der Waals surface area contributed by atoms with Gasteiger partial charge in [0.2, 0.25) is 0 Å². The zero-order chi connectivity index (χ0) is 8.27. The van der Waals surface area contributed by atoms with Crippen LogP contribution in [0.2, 0.25) is 0 Å². The van der Waals surface area contributed by atoms with Crippen LogP contribution < -0.4 is 5.63 Å². The fraction of sp³-hybridized carbons (Fsp3) is 0.444. The molecule has 60 valence electrons. The summed E-state index contributed by atoms with van der Waals surface area (Å²) < 4.78 is 4.70. The molecular weight excluding hydrogens is 140 g/mol. The first-order chi connectivity index (χ1) is 5.20. The van der Waals surface area contributed by atoms with Gasteiger partial charge in [0, 0.05) is 5.56 Å². The Kier molecular flexibility index (Phi) is 2.47. The van der Waals surface area contributed by atoms with Crippen molar-refractivity contribution in [2.24, 2.45) is 5.92 Å². The molecule has 0 aromatic carbocycles. The molecule has 2 heteroatoms. The summed E-state index contributed by atoms with van der Waals surface area (Å²) in [7, 11) is 0. The third-order valence-corrected chi connectivity index (χ3v) is 1.44. The first-order valence-electron chi connectivity index (χ1n) is 3.77. The Morgan fingerprint density at radius 2 is 2.27 bits per heavy atom. The van der Waals surface area contributed by atoms with E-state index >= 15 is 0 Å². The smallest absolute Gasteiger partial charge is 0.338 e. The van der Waals surface area contributed by atoms with Crippen molar-refractivity contribution in [2.75, 3.05) is 0 Å². The predicted molar refractivity (Wildman–Crippen MR) is 43.5 cm³/mol. The van der Waals surface area contributed by atoms with E-state index in [1.54, 1.807) is 6.07 Å². The second-order valence-electron chi connectivity index (χ2n) is 3.02. The maximum atomic E-state index is 11.0. The Hall–Kier alpha value is -1.05. The molecule has 0 aliphatic heterocycles. The maximum Gasteiger partial charge on any atom is 0.338 e. The van der Waals surface area contributed by atoms with Gasteiger partial charge in [-0.2, -0.15) is 0 Å². The van der Waals surface area contributed by atoms with Gasteiger partial charge in [0.15, 0.2) is 0 Å². The van der Waals surface area contributed by atoms with E-state index in [0.29, 0.717) is 5.92 Å². The topological polar surface area (TPSA) is 30.2 Å². The minimum Gasteiger partial charge on any atom is -0.431 e. The van der Waals surface area contributed by atoms with Gasteiger partial charge < -0.3 is 4.42 Å². The van der Waals surface area contributed by atoms with E-state index in [2.05, 4.69) is 13.8 Å². The lowest BCUT2D eigenvalue weighted by molar-refractivity contribution is 0.492. The first kappa shape index (κ1) is 8.05. The van der Waals surface area contributed by atoms with Crippen LogP contribution in [0.4, 0.5) is 0 Å². The summed E-state index contributed by atoms with van der Waals surface area (Å²) in [6.45, 7) is 4.15. The average Bonchev–Trinajstić information content (AvgIpc) is 1.93. The van der Waals surface area contributed by atoms with Gasteiger partial charge >= 0.3 is 5.63 Å². The van der Waals surface area contributed by atoms with Crippen LogP contribution in [-0.2, 0) is 6.42 Å². The average molecular weight is 152 g/mol. The fourth-order valence-corrected chi connectivity index (χ4v) is 0.991. The third-order valence-electron chi connectivity index (χ3n) is 1.44. The highest BCUT2D eigenvalue weighted by Crippen LogP contribution is 2.01. The van der Waals surface area contributed by atoms with Crippen molar-refractivity contribution in [1.29, 1.82) is 0 Å². The molecule has 0 unspecified atom stereocenters. The van der Waals surface area contributed by atoms with Crippen LogP contribution in [0, 0.1) is 5.92 Å². The summed E-state index contributed by atoms with van der Waals surface area (Å²) in [6.07, 6.45) is 2.20. The number of hydrogen-bond donors (Lipinski definition) is 0. The van der Waals surface area contributed by atoms with E-state index in [4.69, 9.17) is 4.42 Å². The Morgan fingerprint density at radius 3 is 2.82 bits per heavy atom. The van der Waals surface area contributed by atoms with Crippen molar-refractivity contribution < 1.29 is 4.42 Å². The van der Waals surface area contributed by atoms with Crippen molar-refractivity contribution in [1.82, 2.24) is 0 Å². The monoisotopic (exact) mass is 152 g/mol. The Labute approximate surface area is 65.9 Å². The molecule has 1 heterocycles. The van der Waals surface area contributed by atoms with Crippen LogP contribution in [0.5, 0.6) is 0 Å². The van der Waals surface area contributed by atoms with Crippen LogP contribution in [0.15, 0.2) is 27.6 Å². The molecule has 11 heavy (non-hydrogen) atoms. The van der Waals surface area contributed by atoms with Crippen molar-refractivity contribution >= 4 is 0 Å². The summed E-state index contributed by atoms with van der Waals surface area (Å²) in [5, 5.41) is 0. The van der Waals surface area contributed by atoms with E-state index in [1.165, 1.54) is 6.26 Å². The second kappa shape index (κ2) is 3.37. The van der Waals surface area contributed by atoms with E-state index in [1.807, 2.05) is 6.07 Å². The molecule has 0 N–H and O–H groups in total. The SMILES string of the molecule is CC(C)Cc1cccoc1=O. The molecule has 1 aromatic rings. The lowest BCUT2D eigenvalue weighted by Crippen LogP contribution is -2.08. The highest BCUT2D eigenvalue weighted by molar-refractivity contribution is 5.06. The largest absolute Gasteiger partial charge is 0.431 e. The quantitative estimate of drug-likeness (QED) is 0.647. The van der Waals surface area contributed by atoms with Crippen molar-refractivity contribution in [3.05, 3.63) is 34.4 Å². The molecule has 0 spiro atoms. The fourth-order valence-electron chi connectivity index (χ4n) is 0.991. The molecule has 0 saturated heterocycles. The summed E-state index contributed by atoms with van der Waals surface area (Å²) >= 11 is 0. The van der Waals surface area contributed by atoms with Gasteiger partial charge in [-0.25, -0.2) is 4.79 Å². The van der Waals surface area contributed by atoms with E-state index in [-0.39, 0.29) is 5.63 Å². The molecule has 1 aromatic heterocycles. The number of rotatable bonds is 2. The zero-order valence-electron chi connectivity index (χ0n) is 6.83. The van der Waals surface area contributed by atoms with Gasteiger partial charge in [-0.05, 0) is 24.5 Å². The van der Waals surface area contributed by atoms with Crippen LogP contribution >= 0.6 is 0 Å². The summed E-state index contributed by atoms with van der Waals surface area (Å²) in [5.74, 6) is 0.500. The Balaban J connectivity index is 2.87. The van der Waals surface area contributed by atoms with Crippen LogP contribution in [0.1, 0.15) is 19.4 Å². The lowest BCUT2D eigenvalue weighted by atomic mass is 10.1. The first-order valence-corrected chi connectivity index (χ1v) is 3.77. The Bertz CT molecular complexity index is 273. The van der Waals surface area contributed by atoms with E-state index < -0.39 is 0 Å². The molecule has 0 saturated carbocycles. The standard InChI is InChI=1S/C9H12O2/c1-7(2)6-8-4-3-5-11-9(8)10/h3-5,7H,6H2,1-2H3. The highest BCUT2D eigenvalue weighted by Gasteiger charge is 2.01. The predicted octanol–water partition coefficient (Wildman–Crippen LogP) is 1.84. The molecule has 1 rings (SSSR count). The van der Waals surface area contributed by atoms with Crippen molar-refractivity contribution in [2.45, 2.75) is 20.3 Å². The van der Waals surface area contributed by atoms with Gasteiger partial charge in [0.1, 0.15) is 0 Å². The second-order valence-corrected chi connectivity index (χ2v) is 3.02. The van der Waals surface area contributed by atoms with E-state index in [0.717, 1.165) is 12.0 Å². The highest BCUT2D eigenvalue weighted by atomic mass is 16.4. The van der Waals surface area contributed by atoms with Gasteiger partial charge in [0.25, 0.3) is 0 Å². The minimum absolute atomic E-state index is 0.207. The summed E-state index contributed by atoms with van der Waals surface area (Å²) in [5.41, 5.74) is 0.559. The van der Waals surface area contributed by atoms with Crippen LogP contribution in [0.25, 0.3) is 0 Å². The summed E-state index contributed by atoms with van der Waals surface area (Å²) in [6, 6.07) is 3.56. The van der Waals surface area contributed by atoms with Crippen molar-refractivity contribution in [3.8, 4) is 0 Å². The molecule has 0 radical (unpaired) electrons. The van der Waals surface area contributed by atoms with Gasteiger partial charge in [-0.15, -0.1) is 0 Å². The molecular formula is C9H12O2. The molecule has 0 aliphatic carbocycles. The van der Waals surface area contributed by atoms with Gasteiger partial charge in [-0.3, -0.25) is 0 Å². The normalized spacial score (nSPS) is 10.5. The maximum absolute atomic E-state index is 11.0. The minimum atomic E-state index is -0.207. The van der Waals surface area contributed by atoms with Gasteiger partial charge in [-0.1, -0.05) is 13.8 Å². The number of hydrogen-bond acceptors (Lipinski definition) is 2. The molecule has 2 nitrogen and oxygen atoms in total. The van der Waals surface area contributed by atoms with Crippen molar-refractivity contribution in [3.63, 3.8) is 0 Å². The molecule has 0 amide bonds.